The molecule has 1 aromatic carbocycles. The predicted octanol–water partition coefficient (Wildman–Crippen LogP) is 3.92. The van der Waals surface area contributed by atoms with E-state index in [-0.39, 0.29) is 5.91 Å². The van der Waals surface area contributed by atoms with Crippen LogP contribution in [0.15, 0.2) is 40.8 Å². The molecule has 2 rings (SSSR count). The fraction of sp³-hybridized carbons (Fsp3) is 0.235. The van der Waals surface area contributed by atoms with Crippen molar-refractivity contribution in [3.05, 3.63) is 58.5 Å². The Hall–Kier alpha value is -2.20. The van der Waals surface area contributed by atoms with Crippen LogP contribution in [0.2, 0.25) is 5.02 Å². The third-order valence-electron chi connectivity index (χ3n) is 3.18. The van der Waals surface area contributed by atoms with Gasteiger partial charge in [-0.1, -0.05) is 11.6 Å². The van der Waals surface area contributed by atoms with Gasteiger partial charge >= 0.3 is 0 Å². The zero-order valence-corrected chi connectivity index (χ0v) is 13.6. The maximum Gasteiger partial charge on any atom is 0.246 e. The molecule has 0 aliphatic carbocycles. The lowest BCUT2D eigenvalue weighted by Crippen LogP contribution is -2.24. The first kappa shape index (κ1) is 16.2. The summed E-state index contributed by atoms with van der Waals surface area (Å²) in [6, 6.07) is 9.01. The Morgan fingerprint density at radius 3 is 2.77 bits per heavy atom. The first-order valence-corrected chi connectivity index (χ1v) is 7.19. The minimum Gasteiger partial charge on any atom is -0.496 e. The molecule has 0 spiro atoms. The quantitative estimate of drug-likeness (QED) is 0.784. The third kappa shape index (κ3) is 4.15. The first-order chi connectivity index (χ1) is 10.5. The van der Waals surface area contributed by atoms with Gasteiger partial charge < -0.3 is 14.1 Å². The van der Waals surface area contributed by atoms with Crippen LogP contribution in [0.1, 0.15) is 17.1 Å². The molecule has 1 aromatic heterocycles. The molecule has 0 unspecified atom stereocenters. The highest BCUT2D eigenvalue weighted by atomic mass is 35.5. The van der Waals surface area contributed by atoms with Crippen LogP contribution in [0, 0.1) is 6.92 Å². The van der Waals surface area contributed by atoms with Crippen molar-refractivity contribution < 1.29 is 13.9 Å². The van der Waals surface area contributed by atoms with Gasteiger partial charge in [0.1, 0.15) is 17.3 Å². The Kier molecular flexibility index (Phi) is 5.28. The Morgan fingerprint density at radius 2 is 2.14 bits per heavy atom. The van der Waals surface area contributed by atoms with Crippen LogP contribution in [0.4, 0.5) is 0 Å². The number of benzene rings is 1. The molecule has 0 saturated carbocycles. The predicted molar refractivity (Wildman–Crippen MR) is 87.0 cm³/mol. The number of nitrogens with zero attached hydrogens (tertiary/aromatic N) is 1. The largest absolute Gasteiger partial charge is 0.496 e. The number of carbonyl (C=O) groups excluding carboxylic acids is 1. The molecule has 0 fully saturated rings. The Balaban J connectivity index is 2.05. The number of amides is 1. The third-order valence-corrected chi connectivity index (χ3v) is 3.41. The summed E-state index contributed by atoms with van der Waals surface area (Å²) in [5.41, 5.74) is 0.855. The highest BCUT2D eigenvalue weighted by Gasteiger charge is 2.10. The fourth-order valence-electron chi connectivity index (χ4n) is 2.03. The second-order valence-corrected chi connectivity index (χ2v) is 5.37. The standard InChI is InChI=1S/C17H18ClNO3/c1-12-4-6-15(22-12)7-9-17(20)19(2)11-13-10-14(18)5-8-16(13)21-3/h4-10H,11H2,1-3H3/b9-7+. The van der Waals surface area contributed by atoms with Crippen LogP contribution < -0.4 is 4.74 Å². The molecular weight excluding hydrogens is 302 g/mol. The van der Waals surface area contributed by atoms with Gasteiger partial charge in [-0.15, -0.1) is 0 Å². The summed E-state index contributed by atoms with van der Waals surface area (Å²) in [4.78, 5) is 13.7. The summed E-state index contributed by atoms with van der Waals surface area (Å²) in [5.74, 6) is 2.04. The number of hydrogen-bond acceptors (Lipinski definition) is 3. The molecule has 0 aliphatic rings. The number of ether oxygens (including phenoxy) is 1. The molecule has 1 heterocycles. The summed E-state index contributed by atoms with van der Waals surface area (Å²) >= 11 is 5.99. The highest BCUT2D eigenvalue weighted by molar-refractivity contribution is 6.30. The molecule has 5 heteroatoms. The molecule has 4 nitrogen and oxygen atoms in total. The maximum absolute atomic E-state index is 12.1. The summed E-state index contributed by atoms with van der Waals surface area (Å²) in [6.07, 6.45) is 3.14. The van der Waals surface area contributed by atoms with Crippen molar-refractivity contribution in [2.75, 3.05) is 14.2 Å². The zero-order chi connectivity index (χ0) is 16.1. The normalized spacial score (nSPS) is 10.9. The number of furan rings is 1. The number of rotatable bonds is 5. The van der Waals surface area contributed by atoms with Crippen LogP contribution in [-0.4, -0.2) is 25.0 Å². The molecular formula is C17H18ClNO3. The first-order valence-electron chi connectivity index (χ1n) is 6.81. The van der Waals surface area contributed by atoms with Crippen LogP contribution in [-0.2, 0) is 11.3 Å². The summed E-state index contributed by atoms with van der Waals surface area (Å²) in [7, 11) is 3.31. The van der Waals surface area contributed by atoms with E-state index in [9.17, 15) is 4.79 Å². The molecule has 1 amide bonds. The molecule has 0 N–H and O–H groups in total. The molecule has 0 radical (unpaired) electrons. The van der Waals surface area contributed by atoms with Gasteiger partial charge in [-0.05, 0) is 43.3 Å². The second kappa shape index (κ2) is 7.18. The number of carbonyl (C=O) groups is 1. The van der Waals surface area contributed by atoms with Crippen molar-refractivity contribution in [2.45, 2.75) is 13.5 Å². The van der Waals surface area contributed by atoms with Gasteiger partial charge in [-0.2, -0.15) is 0 Å². The van der Waals surface area contributed by atoms with E-state index in [2.05, 4.69) is 0 Å². The molecule has 2 aromatic rings. The number of methoxy groups -OCH3 is 1. The van der Waals surface area contributed by atoms with Gasteiger partial charge in [0.2, 0.25) is 5.91 Å². The van der Waals surface area contributed by atoms with Crippen LogP contribution in [0.3, 0.4) is 0 Å². The van der Waals surface area contributed by atoms with Crippen molar-refractivity contribution in [3.63, 3.8) is 0 Å². The molecule has 0 atom stereocenters. The SMILES string of the molecule is COc1ccc(Cl)cc1CN(C)C(=O)/C=C/c1ccc(C)o1. The summed E-state index contributed by atoms with van der Waals surface area (Å²) in [6.45, 7) is 2.26. The molecule has 0 saturated heterocycles. The molecule has 0 bridgehead atoms. The van der Waals surface area contributed by atoms with Crippen molar-refractivity contribution in [3.8, 4) is 5.75 Å². The van der Waals surface area contributed by atoms with Gasteiger partial charge in [-0.3, -0.25) is 4.79 Å². The molecule has 0 aliphatic heterocycles. The van der Waals surface area contributed by atoms with E-state index in [0.717, 1.165) is 11.3 Å². The fourth-order valence-corrected chi connectivity index (χ4v) is 2.22. The monoisotopic (exact) mass is 319 g/mol. The van der Waals surface area contributed by atoms with Gasteiger partial charge in [0, 0.05) is 30.3 Å². The summed E-state index contributed by atoms with van der Waals surface area (Å²) in [5, 5.41) is 0.609. The topological polar surface area (TPSA) is 42.7 Å². The maximum atomic E-state index is 12.1. The van der Waals surface area contributed by atoms with Gasteiger partial charge in [-0.25, -0.2) is 0 Å². The zero-order valence-electron chi connectivity index (χ0n) is 12.8. The van der Waals surface area contributed by atoms with Crippen LogP contribution in [0.5, 0.6) is 5.75 Å². The Morgan fingerprint density at radius 1 is 1.36 bits per heavy atom. The number of halogens is 1. The van der Waals surface area contributed by atoms with Gasteiger partial charge in [0.05, 0.1) is 7.11 Å². The number of likely N-dealkylation sites (N-methyl/N-ethyl adjacent to an activating group) is 1. The van der Waals surface area contributed by atoms with E-state index in [1.165, 1.54) is 6.08 Å². The number of hydrogen-bond donors (Lipinski definition) is 0. The van der Waals surface area contributed by atoms with Gasteiger partial charge in [0.15, 0.2) is 0 Å². The lowest BCUT2D eigenvalue weighted by Gasteiger charge is -2.17. The van der Waals surface area contributed by atoms with Crippen molar-refractivity contribution in [2.24, 2.45) is 0 Å². The minimum atomic E-state index is -0.129. The Labute approximate surface area is 134 Å². The lowest BCUT2D eigenvalue weighted by molar-refractivity contribution is -0.125. The highest BCUT2D eigenvalue weighted by Crippen LogP contribution is 2.23. The molecule has 22 heavy (non-hydrogen) atoms. The molecule has 116 valence electrons. The van der Waals surface area contributed by atoms with E-state index in [4.69, 9.17) is 20.8 Å². The average Bonchev–Trinajstić information content (AvgIpc) is 2.90. The van der Waals surface area contributed by atoms with E-state index < -0.39 is 0 Å². The van der Waals surface area contributed by atoms with Crippen molar-refractivity contribution in [1.82, 2.24) is 4.90 Å². The number of aryl methyl sites for hydroxylation is 1. The van der Waals surface area contributed by atoms with Crippen LogP contribution >= 0.6 is 11.6 Å². The second-order valence-electron chi connectivity index (χ2n) is 4.93. The van der Waals surface area contributed by atoms with Crippen molar-refractivity contribution in [1.29, 1.82) is 0 Å². The average molecular weight is 320 g/mol. The Bertz CT molecular complexity index is 691. The lowest BCUT2D eigenvalue weighted by atomic mass is 10.2. The smallest absolute Gasteiger partial charge is 0.246 e. The van der Waals surface area contributed by atoms with Crippen LogP contribution in [0.25, 0.3) is 6.08 Å². The van der Waals surface area contributed by atoms with E-state index in [0.29, 0.717) is 23.1 Å². The van der Waals surface area contributed by atoms with E-state index in [1.54, 1.807) is 43.3 Å². The summed E-state index contributed by atoms with van der Waals surface area (Å²) < 4.78 is 10.7. The van der Waals surface area contributed by atoms with E-state index >= 15 is 0 Å². The van der Waals surface area contributed by atoms with E-state index in [1.807, 2.05) is 19.1 Å². The van der Waals surface area contributed by atoms with Crippen molar-refractivity contribution >= 4 is 23.6 Å². The minimum absolute atomic E-state index is 0.129. The van der Waals surface area contributed by atoms with Gasteiger partial charge in [0.25, 0.3) is 0 Å².